The van der Waals surface area contributed by atoms with E-state index >= 15 is 0 Å². The second-order valence-corrected chi connectivity index (χ2v) is 8.66. The number of oxime groups is 1. The van der Waals surface area contributed by atoms with Crippen LogP contribution in [0.25, 0.3) is 0 Å². The number of aliphatic hydroxyl groups excluding tert-OH is 1. The normalized spacial score (nSPS) is 20.8. The molecule has 1 aromatic heterocycles. The van der Waals surface area contributed by atoms with Gasteiger partial charge in [-0.05, 0) is 36.3 Å². The van der Waals surface area contributed by atoms with E-state index in [-0.39, 0.29) is 6.61 Å². The highest BCUT2D eigenvalue weighted by Gasteiger charge is 2.20. The van der Waals surface area contributed by atoms with Gasteiger partial charge in [-0.2, -0.15) is 0 Å². The minimum absolute atomic E-state index is 0.257. The standard InChI is InChI=1S/C22H29N3O2S/c26-19(17-27-23-21-7-4-8-22-20(21)9-14-28-22)16-25-12-10-24(11-13-25)15-18-5-2-1-3-6-18/h1-3,5-6,9,14,19,26H,4,7-8,10-13,15-17H2/b23-21+. The van der Waals surface area contributed by atoms with Crippen LogP contribution in [0.1, 0.15) is 28.8 Å². The van der Waals surface area contributed by atoms with Gasteiger partial charge in [-0.15, -0.1) is 11.3 Å². The molecule has 1 aliphatic heterocycles. The molecule has 28 heavy (non-hydrogen) atoms. The summed E-state index contributed by atoms with van der Waals surface area (Å²) in [6, 6.07) is 12.7. The van der Waals surface area contributed by atoms with E-state index in [9.17, 15) is 5.11 Å². The number of fused-ring (bicyclic) bond motifs is 1. The Morgan fingerprint density at radius 2 is 1.82 bits per heavy atom. The van der Waals surface area contributed by atoms with Crippen molar-refractivity contribution in [1.82, 2.24) is 9.80 Å². The number of hydrogen-bond acceptors (Lipinski definition) is 6. The summed E-state index contributed by atoms with van der Waals surface area (Å²) in [6.45, 7) is 5.94. The summed E-state index contributed by atoms with van der Waals surface area (Å²) in [7, 11) is 0. The first-order chi connectivity index (χ1) is 13.8. The lowest BCUT2D eigenvalue weighted by molar-refractivity contribution is 0.00821. The SMILES string of the molecule is OC(CO/N=C1\CCCc2sccc21)CN1CCN(Cc2ccccc2)CC1. The van der Waals surface area contributed by atoms with Crippen LogP contribution in [0.4, 0.5) is 0 Å². The summed E-state index contributed by atoms with van der Waals surface area (Å²) >= 11 is 1.80. The van der Waals surface area contributed by atoms with Crippen molar-refractivity contribution in [2.75, 3.05) is 39.3 Å². The molecule has 1 atom stereocenters. The minimum atomic E-state index is -0.504. The van der Waals surface area contributed by atoms with Crippen molar-refractivity contribution < 1.29 is 9.94 Å². The number of β-amino-alcohol motifs (C(OH)–C–C–N with tert-alkyl or cyclic N) is 1. The van der Waals surface area contributed by atoms with E-state index in [0.29, 0.717) is 6.54 Å². The lowest BCUT2D eigenvalue weighted by atomic mass is 9.97. The maximum Gasteiger partial charge on any atom is 0.144 e. The number of rotatable bonds is 7. The highest BCUT2D eigenvalue weighted by molar-refractivity contribution is 7.10. The summed E-state index contributed by atoms with van der Waals surface area (Å²) in [5.74, 6) is 0. The van der Waals surface area contributed by atoms with E-state index in [1.807, 2.05) is 0 Å². The maximum absolute atomic E-state index is 10.3. The third kappa shape index (κ3) is 5.20. The van der Waals surface area contributed by atoms with E-state index in [4.69, 9.17) is 4.84 Å². The lowest BCUT2D eigenvalue weighted by Crippen LogP contribution is -2.48. The zero-order valence-electron chi connectivity index (χ0n) is 16.3. The number of aliphatic hydroxyl groups is 1. The molecule has 0 bridgehead atoms. The molecule has 1 aliphatic carbocycles. The predicted octanol–water partition coefficient (Wildman–Crippen LogP) is 2.98. The average molecular weight is 400 g/mol. The van der Waals surface area contributed by atoms with E-state index < -0.39 is 6.10 Å². The van der Waals surface area contributed by atoms with Gasteiger partial charge in [0.15, 0.2) is 0 Å². The van der Waals surface area contributed by atoms with Crippen molar-refractivity contribution in [3.63, 3.8) is 0 Å². The molecule has 150 valence electrons. The quantitative estimate of drug-likeness (QED) is 0.727. The Hall–Kier alpha value is -1.73. The largest absolute Gasteiger partial charge is 0.393 e. The number of piperazine rings is 1. The third-order valence-electron chi connectivity index (χ3n) is 5.50. The zero-order chi connectivity index (χ0) is 19.2. The molecule has 1 unspecified atom stereocenters. The molecule has 0 saturated carbocycles. The van der Waals surface area contributed by atoms with Crippen molar-refractivity contribution in [3.05, 3.63) is 57.8 Å². The molecule has 0 amide bonds. The van der Waals surface area contributed by atoms with Gasteiger partial charge in [0, 0.05) is 49.7 Å². The highest BCUT2D eigenvalue weighted by atomic mass is 32.1. The van der Waals surface area contributed by atoms with Crippen LogP contribution in [0.3, 0.4) is 0 Å². The molecule has 1 saturated heterocycles. The van der Waals surface area contributed by atoms with Crippen LogP contribution in [0.2, 0.25) is 0 Å². The zero-order valence-corrected chi connectivity index (χ0v) is 17.1. The van der Waals surface area contributed by atoms with Crippen LogP contribution in [-0.2, 0) is 17.8 Å². The van der Waals surface area contributed by atoms with Crippen molar-refractivity contribution in [2.45, 2.75) is 31.9 Å². The molecule has 0 spiro atoms. The second-order valence-electron chi connectivity index (χ2n) is 7.66. The summed E-state index contributed by atoms with van der Waals surface area (Å²) in [4.78, 5) is 11.7. The van der Waals surface area contributed by atoms with Gasteiger partial charge in [-0.1, -0.05) is 35.5 Å². The van der Waals surface area contributed by atoms with Gasteiger partial charge in [0.05, 0.1) is 5.71 Å². The average Bonchev–Trinajstić information content (AvgIpc) is 3.20. The third-order valence-corrected chi connectivity index (χ3v) is 6.48. The van der Waals surface area contributed by atoms with Crippen LogP contribution in [0, 0.1) is 0 Å². The van der Waals surface area contributed by atoms with E-state index in [0.717, 1.165) is 57.7 Å². The Labute approximate surface area is 171 Å². The molecule has 1 N–H and O–H groups in total. The van der Waals surface area contributed by atoms with Gasteiger partial charge in [-0.3, -0.25) is 9.80 Å². The topological polar surface area (TPSA) is 48.3 Å². The molecule has 1 aromatic carbocycles. The minimum Gasteiger partial charge on any atom is -0.393 e. The number of aryl methyl sites for hydroxylation is 1. The van der Waals surface area contributed by atoms with Crippen molar-refractivity contribution >= 4 is 17.0 Å². The van der Waals surface area contributed by atoms with Gasteiger partial charge in [-0.25, -0.2) is 0 Å². The summed E-state index contributed by atoms with van der Waals surface area (Å²) in [6.07, 6.45) is 2.73. The summed E-state index contributed by atoms with van der Waals surface area (Å²) in [5.41, 5.74) is 3.63. The Morgan fingerprint density at radius 1 is 1.04 bits per heavy atom. The summed E-state index contributed by atoms with van der Waals surface area (Å²) in [5, 5.41) is 16.8. The van der Waals surface area contributed by atoms with Crippen LogP contribution in [0.15, 0.2) is 46.9 Å². The second kappa shape index (κ2) is 9.65. The first-order valence-electron chi connectivity index (χ1n) is 10.2. The smallest absolute Gasteiger partial charge is 0.144 e. The molecule has 1 fully saturated rings. The van der Waals surface area contributed by atoms with Gasteiger partial charge >= 0.3 is 0 Å². The van der Waals surface area contributed by atoms with Crippen LogP contribution >= 0.6 is 11.3 Å². The molecule has 0 radical (unpaired) electrons. The van der Waals surface area contributed by atoms with Gasteiger partial charge in [0.2, 0.25) is 0 Å². The molecule has 5 nitrogen and oxygen atoms in total. The maximum atomic E-state index is 10.3. The van der Waals surface area contributed by atoms with Crippen LogP contribution in [0.5, 0.6) is 0 Å². The lowest BCUT2D eigenvalue weighted by Gasteiger charge is -2.35. The number of nitrogens with zero attached hydrogens (tertiary/aromatic N) is 3. The number of hydrogen-bond donors (Lipinski definition) is 1. The Balaban J connectivity index is 1.17. The van der Waals surface area contributed by atoms with E-state index in [2.05, 4.69) is 56.7 Å². The number of thiophene rings is 1. The van der Waals surface area contributed by atoms with Gasteiger partial charge in [0.25, 0.3) is 0 Å². The first kappa shape index (κ1) is 19.6. The molecule has 4 rings (SSSR count). The fraction of sp³-hybridized carbons (Fsp3) is 0.500. The van der Waals surface area contributed by atoms with Crippen molar-refractivity contribution in [3.8, 4) is 0 Å². The van der Waals surface area contributed by atoms with Gasteiger partial charge < -0.3 is 9.94 Å². The van der Waals surface area contributed by atoms with E-state index in [1.54, 1.807) is 11.3 Å². The fourth-order valence-corrected chi connectivity index (χ4v) is 4.90. The van der Waals surface area contributed by atoms with Crippen molar-refractivity contribution in [2.24, 2.45) is 5.16 Å². The molecular formula is C22H29N3O2S. The molecule has 2 aromatic rings. The van der Waals surface area contributed by atoms with Crippen LogP contribution in [-0.4, -0.2) is 66.1 Å². The van der Waals surface area contributed by atoms with E-state index in [1.165, 1.54) is 16.0 Å². The Bertz CT molecular complexity index is 769. The number of benzene rings is 1. The fourth-order valence-electron chi connectivity index (χ4n) is 3.96. The van der Waals surface area contributed by atoms with Gasteiger partial charge in [0.1, 0.15) is 12.7 Å². The highest BCUT2D eigenvalue weighted by Crippen LogP contribution is 2.26. The molecular weight excluding hydrogens is 370 g/mol. The molecule has 6 heteroatoms. The predicted molar refractivity (Wildman–Crippen MR) is 114 cm³/mol. The Kier molecular flexibility index (Phi) is 6.75. The first-order valence-corrected chi connectivity index (χ1v) is 11.1. The molecule has 2 heterocycles. The Morgan fingerprint density at radius 3 is 2.64 bits per heavy atom. The molecule has 2 aliphatic rings. The van der Waals surface area contributed by atoms with Crippen molar-refractivity contribution in [1.29, 1.82) is 0 Å². The summed E-state index contributed by atoms with van der Waals surface area (Å²) < 4.78 is 0. The monoisotopic (exact) mass is 399 g/mol. The van der Waals surface area contributed by atoms with Crippen LogP contribution < -0.4 is 0 Å².